The highest BCUT2D eigenvalue weighted by Crippen LogP contribution is 2.35. The lowest BCUT2D eigenvalue weighted by Crippen LogP contribution is -2.24. The van der Waals surface area contributed by atoms with Gasteiger partial charge in [-0.25, -0.2) is 0 Å². The SMILES string of the molecule is C=CCn1c([C@@H]2COc3ccccc3O2)n[nH]c1=S. The zero-order valence-electron chi connectivity index (χ0n) is 10.2. The third-order valence-corrected chi connectivity index (χ3v) is 3.21. The van der Waals surface area contributed by atoms with E-state index in [2.05, 4.69) is 16.8 Å². The molecule has 5 nitrogen and oxygen atoms in total. The van der Waals surface area contributed by atoms with E-state index in [9.17, 15) is 0 Å². The third-order valence-electron chi connectivity index (χ3n) is 2.90. The largest absolute Gasteiger partial charge is 0.485 e. The number of nitrogens with zero attached hydrogens (tertiary/aromatic N) is 2. The summed E-state index contributed by atoms with van der Waals surface area (Å²) in [6.07, 6.45) is 1.50. The molecule has 1 aromatic carbocycles. The molecule has 0 unspecified atom stereocenters. The van der Waals surface area contributed by atoms with Crippen LogP contribution >= 0.6 is 12.2 Å². The van der Waals surface area contributed by atoms with E-state index in [1.54, 1.807) is 6.08 Å². The fourth-order valence-corrected chi connectivity index (χ4v) is 2.24. The number of hydrogen-bond donors (Lipinski definition) is 1. The van der Waals surface area contributed by atoms with Crippen LogP contribution < -0.4 is 9.47 Å². The average molecular weight is 275 g/mol. The van der Waals surface area contributed by atoms with Gasteiger partial charge in [-0.2, -0.15) is 5.10 Å². The van der Waals surface area contributed by atoms with Gasteiger partial charge in [-0.1, -0.05) is 18.2 Å². The van der Waals surface area contributed by atoms with Crippen LogP contribution in [0.1, 0.15) is 11.9 Å². The van der Waals surface area contributed by atoms with Crippen molar-refractivity contribution in [2.45, 2.75) is 12.6 Å². The first-order valence-corrected chi connectivity index (χ1v) is 6.35. The van der Waals surface area contributed by atoms with Crippen LogP contribution in [0.4, 0.5) is 0 Å². The lowest BCUT2D eigenvalue weighted by molar-refractivity contribution is 0.0824. The summed E-state index contributed by atoms with van der Waals surface area (Å²) < 4.78 is 14.0. The molecule has 0 fully saturated rings. The van der Waals surface area contributed by atoms with E-state index >= 15 is 0 Å². The van der Waals surface area contributed by atoms with E-state index in [1.165, 1.54) is 0 Å². The summed E-state index contributed by atoms with van der Waals surface area (Å²) in [4.78, 5) is 0. The molecular formula is C13H13N3O2S. The Morgan fingerprint density at radius 2 is 2.26 bits per heavy atom. The molecule has 1 atom stereocenters. The van der Waals surface area contributed by atoms with Gasteiger partial charge in [0.05, 0.1) is 0 Å². The number of aromatic amines is 1. The molecule has 0 amide bonds. The first kappa shape index (κ1) is 12.0. The van der Waals surface area contributed by atoms with Crippen LogP contribution in [0.3, 0.4) is 0 Å². The van der Waals surface area contributed by atoms with Gasteiger partial charge in [-0.15, -0.1) is 6.58 Å². The van der Waals surface area contributed by atoms with Gasteiger partial charge in [0, 0.05) is 6.54 Å². The van der Waals surface area contributed by atoms with Gasteiger partial charge in [-0.3, -0.25) is 9.67 Å². The number of hydrogen-bond acceptors (Lipinski definition) is 4. The van der Waals surface area contributed by atoms with Crippen molar-refractivity contribution in [1.82, 2.24) is 14.8 Å². The van der Waals surface area contributed by atoms with Gasteiger partial charge < -0.3 is 9.47 Å². The second kappa shape index (κ2) is 4.89. The second-order valence-corrected chi connectivity index (χ2v) is 4.54. The molecule has 98 valence electrons. The van der Waals surface area contributed by atoms with Gasteiger partial charge in [0.1, 0.15) is 6.61 Å². The normalized spacial score (nSPS) is 17.2. The monoisotopic (exact) mass is 275 g/mol. The summed E-state index contributed by atoms with van der Waals surface area (Å²) in [5, 5.41) is 7.00. The van der Waals surface area contributed by atoms with Crippen molar-refractivity contribution in [1.29, 1.82) is 0 Å². The Hall–Kier alpha value is -2.08. The van der Waals surface area contributed by atoms with Crippen LogP contribution in [0.2, 0.25) is 0 Å². The number of ether oxygens (including phenoxy) is 2. The zero-order valence-corrected chi connectivity index (χ0v) is 11.0. The summed E-state index contributed by atoms with van der Waals surface area (Å²) in [5.41, 5.74) is 0. The van der Waals surface area contributed by atoms with Crippen molar-refractivity contribution in [3.63, 3.8) is 0 Å². The maximum absolute atomic E-state index is 5.91. The molecule has 1 aromatic heterocycles. The lowest BCUT2D eigenvalue weighted by Gasteiger charge is -2.25. The highest BCUT2D eigenvalue weighted by atomic mass is 32.1. The Morgan fingerprint density at radius 1 is 1.47 bits per heavy atom. The van der Waals surface area contributed by atoms with Gasteiger partial charge in [0.2, 0.25) is 0 Å². The Morgan fingerprint density at radius 3 is 3.05 bits per heavy atom. The van der Waals surface area contributed by atoms with E-state index in [-0.39, 0.29) is 6.10 Å². The van der Waals surface area contributed by atoms with E-state index in [0.717, 1.165) is 17.3 Å². The molecule has 0 aliphatic carbocycles. The van der Waals surface area contributed by atoms with E-state index in [4.69, 9.17) is 21.7 Å². The Bertz CT molecular complexity index is 662. The second-order valence-electron chi connectivity index (χ2n) is 4.15. The lowest BCUT2D eigenvalue weighted by atomic mass is 10.2. The van der Waals surface area contributed by atoms with Gasteiger partial charge in [0.15, 0.2) is 28.2 Å². The van der Waals surface area contributed by atoms with Gasteiger partial charge in [0.25, 0.3) is 0 Å². The minimum atomic E-state index is -0.275. The van der Waals surface area contributed by atoms with Crippen molar-refractivity contribution in [2.24, 2.45) is 0 Å². The highest BCUT2D eigenvalue weighted by Gasteiger charge is 2.26. The molecule has 1 N–H and O–H groups in total. The fraction of sp³-hybridized carbons (Fsp3) is 0.231. The van der Waals surface area contributed by atoms with Crippen LogP contribution in [-0.2, 0) is 6.54 Å². The van der Waals surface area contributed by atoms with Crippen LogP contribution in [0.15, 0.2) is 36.9 Å². The quantitative estimate of drug-likeness (QED) is 0.691. The Balaban J connectivity index is 1.93. The molecule has 1 aliphatic rings. The minimum Gasteiger partial charge on any atom is -0.485 e. The topological polar surface area (TPSA) is 52.1 Å². The van der Waals surface area contributed by atoms with Crippen LogP contribution in [0.5, 0.6) is 11.5 Å². The zero-order chi connectivity index (χ0) is 13.2. The maximum Gasteiger partial charge on any atom is 0.195 e. The molecule has 0 saturated heterocycles. The number of benzene rings is 1. The van der Waals surface area contributed by atoms with Crippen molar-refractivity contribution in [3.8, 4) is 11.5 Å². The molecule has 3 rings (SSSR count). The summed E-state index contributed by atoms with van der Waals surface area (Å²) in [7, 11) is 0. The van der Waals surface area contributed by atoms with E-state index < -0.39 is 0 Å². The predicted octanol–water partition coefficient (Wildman–Crippen LogP) is 2.64. The molecular weight excluding hydrogens is 262 g/mol. The van der Waals surface area contributed by atoms with Crippen molar-refractivity contribution in [3.05, 3.63) is 47.5 Å². The minimum absolute atomic E-state index is 0.275. The standard InChI is InChI=1S/C13H13N3O2S/c1-2-7-16-12(14-15-13(16)19)11-8-17-9-5-3-4-6-10(9)18-11/h2-6,11H,1,7-8H2,(H,15,19)/t11-/m0/s1. The fourth-order valence-electron chi connectivity index (χ4n) is 2.03. The highest BCUT2D eigenvalue weighted by molar-refractivity contribution is 7.71. The molecule has 2 aromatic rings. The molecule has 6 heteroatoms. The first-order chi connectivity index (χ1) is 9.29. The molecule has 1 aliphatic heterocycles. The van der Waals surface area contributed by atoms with Gasteiger partial charge >= 0.3 is 0 Å². The number of nitrogens with one attached hydrogen (secondary N) is 1. The number of fused-ring (bicyclic) bond motifs is 1. The number of aromatic nitrogens is 3. The molecule has 0 saturated carbocycles. The Labute approximate surface area is 115 Å². The van der Waals surface area contributed by atoms with E-state index in [1.807, 2.05) is 28.8 Å². The molecule has 0 spiro atoms. The average Bonchev–Trinajstić information content (AvgIpc) is 2.80. The molecule has 19 heavy (non-hydrogen) atoms. The number of allylic oxidation sites excluding steroid dienone is 1. The summed E-state index contributed by atoms with van der Waals surface area (Å²) >= 11 is 5.19. The number of para-hydroxylation sites is 2. The number of rotatable bonds is 3. The van der Waals surface area contributed by atoms with Crippen molar-refractivity contribution < 1.29 is 9.47 Å². The molecule has 0 radical (unpaired) electrons. The smallest absolute Gasteiger partial charge is 0.195 e. The maximum atomic E-state index is 5.91. The third kappa shape index (κ3) is 2.15. The van der Waals surface area contributed by atoms with E-state index in [0.29, 0.717) is 17.9 Å². The Kier molecular flexibility index (Phi) is 3.08. The summed E-state index contributed by atoms with van der Waals surface area (Å²) in [5.74, 6) is 2.19. The number of H-pyrrole nitrogens is 1. The van der Waals surface area contributed by atoms with Crippen molar-refractivity contribution >= 4 is 12.2 Å². The van der Waals surface area contributed by atoms with Gasteiger partial charge in [-0.05, 0) is 24.4 Å². The van der Waals surface area contributed by atoms with Crippen LogP contribution in [-0.4, -0.2) is 21.4 Å². The predicted molar refractivity (Wildman–Crippen MR) is 72.9 cm³/mol. The summed E-state index contributed by atoms with van der Waals surface area (Å²) in [6, 6.07) is 7.58. The van der Waals surface area contributed by atoms with Crippen LogP contribution in [0, 0.1) is 4.77 Å². The summed E-state index contributed by atoms with van der Waals surface area (Å²) in [6.45, 7) is 4.72. The van der Waals surface area contributed by atoms with Crippen molar-refractivity contribution in [2.75, 3.05) is 6.61 Å². The van der Waals surface area contributed by atoms with Crippen LogP contribution in [0.25, 0.3) is 0 Å². The molecule has 0 bridgehead atoms. The first-order valence-electron chi connectivity index (χ1n) is 5.94. The molecule has 2 heterocycles.